The van der Waals surface area contributed by atoms with Crippen LogP contribution >= 0.6 is 0 Å². The maximum atomic E-state index is 13.9. The van der Waals surface area contributed by atoms with E-state index in [1.165, 1.54) is 12.1 Å². The minimum absolute atomic E-state index is 0.0687. The highest BCUT2D eigenvalue weighted by atomic mass is 19.1. The quantitative estimate of drug-likeness (QED) is 0.854. The van der Waals surface area contributed by atoms with Gasteiger partial charge in [0.2, 0.25) is 0 Å². The van der Waals surface area contributed by atoms with E-state index in [0.29, 0.717) is 18.7 Å². The third kappa shape index (κ3) is 3.16. The molecule has 17 heavy (non-hydrogen) atoms. The fourth-order valence-electron chi connectivity index (χ4n) is 1.98. The normalized spacial score (nSPS) is 11.0. The highest BCUT2D eigenvalue weighted by Gasteiger charge is 2.18. The van der Waals surface area contributed by atoms with Crippen LogP contribution in [0.5, 0.6) is 0 Å². The molecule has 0 aliphatic rings. The summed E-state index contributed by atoms with van der Waals surface area (Å²) in [5.41, 5.74) is 0.688. The summed E-state index contributed by atoms with van der Waals surface area (Å²) in [6, 6.07) is 2.85. The SMILES string of the molecule is CCN(c1c(F)cc(CNC)cc1F)C(C)C. The molecule has 1 rings (SSSR count). The lowest BCUT2D eigenvalue weighted by Crippen LogP contribution is -2.32. The van der Waals surface area contributed by atoms with E-state index < -0.39 is 11.6 Å². The van der Waals surface area contributed by atoms with E-state index in [1.54, 1.807) is 11.9 Å². The van der Waals surface area contributed by atoms with Gasteiger partial charge in [-0.3, -0.25) is 0 Å². The van der Waals surface area contributed by atoms with Crippen LogP contribution < -0.4 is 10.2 Å². The van der Waals surface area contributed by atoms with Crippen LogP contribution in [0.4, 0.5) is 14.5 Å². The highest BCUT2D eigenvalue weighted by molar-refractivity contribution is 5.51. The zero-order valence-corrected chi connectivity index (χ0v) is 10.8. The maximum absolute atomic E-state index is 13.9. The molecule has 1 aromatic rings. The lowest BCUT2D eigenvalue weighted by atomic mass is 10.1. The van der Waals surface area contributed by atoms with Crippen molar-refractivity contribution in [3.05, 3.63) is 29.3 Å². The lowest BCUT2D eigenvalue weighted by molar-refractivity contribution is 0.555. The Morgan fingerprint density at radius 2 is 1.76 bits per heavy atom. The average molecular weight is 242 g/mol. The summed E-state index contributed by atoms with van der Waals surface area (Å²) in [6.07, 6.45) is 0. The van der Waals surface area contributed by atoms with Crippen molar-refractivity contribution in [2.24, 2.45) is 0 Å². The molecular formula is C13H20F2N2. The van der Waals surface area contributed by atoms with E-state index in [-0.39, 0.29) is 11.7 Å². The molecule has 0 aliphatic carbocycles. The number of hydrogen-bond acceptors (Lipinski definition) is 2. The monoisotopic (exact) mass is 242 g/mol. The van der Waals surface area contributed by atoms with E-state index in [9.17, 15) is 8.78 Å². The van der Waals surface area contributed by atoms with Gasteiger partial charge < -0.3 is 10.2 Å². The Kier molecular flexibility index (Phi) is 4.87. The fourth-order valence-corrected chi connectivity index (χ4v) is 1.98. The van der Waals surface area contributed by atoms with Crippen LogP contribution in [0.15, 0.2) is 12.1 Å². The molecule has 0 saturated heterocycles. The van der Waals surface area contributed by atoms with Gasteiger partial charge in [-0.15, -0.1) is 0 Å². The molecule has 0 spiro atoms. The first-order valence-corrected chi connectivity index (χ1v) is 5.90. The van der Waals surface area contributed by atoms with Gasteiger partial charge in [-0.2, -0.15) is 0 Å². The number of benzene rings is 1. The minimum atomic E-state index is -0.495. The van der Waals surface area contributed by atoms with Gasteiger partial charge in [-0.1, -0.05) is 0 Å². The molecule has 0 radical (unpaired) electrons. The summed E-state index contributed by atoms with van der Waals surface area (Å²) >= 11 is 0. The Morgan fingerprint density at radius 1 is 1.24 bits per heavy atom. The lowest BCUT2D eigenvalue weighted by Gasteiger charge is -2.28. The third-order valence-corrected chi connectivity index (χ3v) is 2.71. The Balaban J connectivity index is 3.16. The van der Waals surface area contributed by atoms with Crippen LogP contribution in [0.3, 0.4) is 0 Å². The van der Waals surface area contributed by atoms with Crippen LogP contribution in [0.1, 0.15) is 26.3 Å². The standard InChI is InChI=1S/C13H20F2N2/c1-5-17(9(2)3)13-11(14)6-10(8-16-4)7-12(13)15/h6-7,9,16H,5,8H2,1-4H3. The minimum Gasteiger partial charge on any atom is -0.365 e. The molecule has 0 aromatic heterocycles. The van der Waals surface area contributed by atoms with Gasteiger partial charge >= 0.3 is 0 Å². The smallest absolute Gasteiger partial charge is 0.149 e. The summed E-state index contributed by atoms with van der Waals surface area (Å²) < 4.78 is 27.8. The summed E-state index contributed by atoms with van der Waals surface area (Å²) in [5.74, 6) is -0.989. The molecule has 0 unspecified atom stereocenters. The van der Waals surface area contributed by atoms with Gasteiger partial charge in [0, 0.05) is 19.1 Å². The van der Waals surface area contributed by atoms with Crippen molar-refractivity contribution in [1.82, 2.24) is 5.32 Å². The van der Waals surface area contributed by atoms with Gasteiger partial charge in [-0.05, 0) is 45.5 Å². The van der Waals surface area contributed by atoms with Crippen LogP contribution in [-0.2, 0) is 6.54 Å². The molecule has 96 valence electrons. The first-order valence-electron chi connectivity index (χ1n) is 5.90. The first-order chi connectivity index (χ1) is 8.01. The number of nitrogens with zero attached hydrogens (tertiary/aromatic N) is 1. The molecule has 0 fully saturated rings. The molecule has 0 saturated carbocycles. The summed E-state index contributed by atoms with van der Waals surface area (Å²) in [4.78, 5) is 1.72. The topological polar surface area (TPSA) is 15.3 Å². The predicted octanol–water partition coefficient (Wildman–Crippen LogP) is 2.92. The molecular weight excluding hydrogens is 222 g/mol. The van der Waals surface area contributed by atoms with Crippen molar-refractivity contribution in [3.63, 3.8) is 0 Å². The molecule has 0 bridgehead atoms. The second-order valence-electron chi connectivity index (χ2n) is 4.32. The second kappa shape index (κ2) is 5.96. The summed E-state index contributed by atoms with van der Waals surface area (Å²) in [6.45, 7) is 6.77. The molecule has 0 aliphatic heterocycles. The highest BCUT2D eigenvalue weighted by Crippen LogP contribution is 2.26. The largest absolute Gasteiger partial charge is 0.365 e. The van der Waals surface area contributed by atoms with Crippen LogP contribution in [0, 0.1) is 11.6 Å². The van der Waals surface area contributed by atoms with Gasteiger partial charge in [0.1, 0.15) is 17.3 Å². The van der Waals surface area contributed by atoms with E-state index in [1.807, 2.05) is 20.8 Å². The van der Waals surface area contributed by atoms with Gasteiger partial charge in [0.05, 0.1) is 0 Å². The van der Waals surface area contributed by atoms with E-state index in [0.717, 1.165) is 0 Å². The number of halogens is 2. The van der Waals surface area contributed by atoms with Gasteiger partial charge in [-0.25, -0.2) is 8.78 Å². The third-order valence-electron chi connectivity index (χ3n) is 2.71. The van der Waals surface area contributed by atoms with Crippen molar-refractivity contribution in [2.75, 3.05) is 18.5 Å². The summed E-state index contributed by atoms with van der Waals surface area (Å²) in [7, 11) is 1.75. The van der Waals surface area contributed by atoms with Gasteiger partial charge in [0.15, 0.2) is 0 Å². The van der Waals surface area contributed by atoms with Gasteiger partial charge in [0.25, 0.3) is 0 Å². The second-order valence-corrected chi connectivity index (χ2v) is 4.32. The van der Waals surface area contributed by atoms with E-state index >= 15 is 0 Å². The number of nitrogens with one attached hydrogen (secondary N) is 1. The predicted molar refractivity (Wildman–Crippen MR) is 67.3 cm³/mol. The van der Waals surface area contributed by atoms with Crippen molar-refractivity contribution >= 4 is 5.69 Å². The zero-order valence-electron chi connectivity index (χ0n) is 10.8. The number of anilines is 1. The first kappa shape index (κ1) is 13.9. The zero-order chi connectivity index (χ0) is 13.0. The van der Waals surface area contributed by atoms with E-state index in [2.05, 4.69) is 5.32 Å². The molecule has 1 N–H and O–H groups in total. The summed E-state index contributed by atoms with van der Waals surface area (Å²) in [5, 5.41) is 2.88. The molecule has 0 heterocycles. The van der Waals surface area contributed by atoms with Crippen LogP contribution in [-0.4, -0.2) is 19.6 Å². The van der Waals surface area contributed by atoms with E-state index in [4.69, 9.17) is 0 Å². The van der Waals surface area contributed by atoms with Crippen molar-refractivity contribution in [2.45, 2.75) is 33.4 Å². The Morgan fingerprint density at radius 3 is 2.12 bits per heavy atom. The van der Waals surface area contributed by atoms with Crippen molar-refractivity contribution in [3.8, 4) is 0 Å². The number of hydrogen-bond donors (Lipinski definition) is 1. The molecule has 4 heteroatoms. The Hall–Kier alpha value is -1.16. The Labute approximate surface area is 102 Å². The van der Waals surface area contributed by atoms with Crippen molar-refractivity contribution < 1.29 is 8.78 Å². The van der Waals surface area contributed by atoms with Crippen LogP contribution in [0.25, 0.3) is 0 Å². The van der Waals surface area contributed by atoms with Crippen LogP contribution in [0.2, 0.25) is 0 Å². The number of rotatable bonds is 5. The molecule has 1 aromatic carbocycles. The molecule has 0 atom stereocenters. The fraction of sp³-hybridized carbons (Fsp3) is 0.538. The van der Waals surface area contributed by atoms with Crippen molar-refractivity contribution in [1.29, 1.82) is 0 Å². The Bertz CT molecular complexity index is 355. The molecule has 0 amide bonds. The average Bonchev–Trinajstić information content (AvgIpc) is 2.23. The maximum Gasteiger partial charge on any atom is 0.149 e. The molecule has 2 nitrogen and oxygen atoms in total.